The number of carbonyl (C=O) groups is 3. The molecule has 0 saturated carbocycles. The van der Waals surface area contributed by atoms with Crippen LogP contribution in [0, 0.1) is 0 Å². The summed E-state index contributed by atoms with van der Waals surface area (Å²) < 4.78 is 5.90. The number of rotatable bonds is 8. The van der Waals surface area contributed by atoms with Crippen LogP contribution in [-0.4, -0.2) is 66.4 Å². The highest BCUT2D eigenvalue weighted by atomic mass is 32.1. The van der Waals surface area contributed by atoms with E-state index in [1.807, 2.05) is 73.6 Å². The van der Waals surface area contributed by atoms with Crippen molar-refractivity contribution >= 4 is 56.5 Å². The Balaban J connectivity index is 1.21. The minimum atomic E-state index is -0.387. The molecule has 0 unspecified atom stereocenters. The number of amides is 4. The molecule has 2 aromatic heterocycles. The van der Waals surface area contributed by atoms with E-state index >= 15 is 0 Å². The van der Waals surface area contributed by atoms with E-state index in [0.29, 0.717) is 69.7 Å². The van der Waals surface area contributed by atoms with Crippen molar-refractivity contribution in [3.63, 3.8) is 0 Å². The van der Waals surface area contributed by atoms with Crippen LogP contribution in [0.4, 0.5) is 21.9 Å². The molecule has 0 fully saturated rings. The van der Waals surface area contributed by atoms with E-state index in [0.717, 1.165) is 5.75 Å². The highest BCUT2D eigenvalue weighted by Crippen LogP contribution is 2.46. The van der Waals surface area contributed by atoms with E-state index in [4.69, 9.17) is 4.74 Å². The molecule has 2 N–H and O–H groups in total. The molecule has 0 saturated heterocycles. The number of thiophene rings is 1. The molecule has 6 rings (SSSR count). The summed E-state index contributed by atoms with van der Waals surface area (Å²) in [4.78, 5) is 50.3. The maximum atomic E-state index is 13.5. The number of hydrogen-bond donors (Lipinski definition) is 2. The topological polar surface area (TPSA) is 107 Å². The van der Waals surface area contributed by atoms with Gasteiger partial charge in [-0.1, -0.05) is 30.4 Å². The second kappa shape index (κ2) is 12.1. The first kappa shape index (κ1) is 28.1. The number of pyridine rings is 1. The van der Waals surface area contributed by atoms with Crippen molar-refractivity contribution in [3.05, 3.63) is 95.7 Å². The number of aromatic nitrogens is 1. The first-order valence-corrected chi connectivity index (χ1v) is 14.6. The SMILES string of the molecule is CN(C)C/C=C/C(=O)N1CCC=C(NC(=O)c2sc3nccc4c3c2NC(=O)N4c2ccc(Oc3ccccc3)cc2)C1. The highest BCUT2D eigenvalue weighted by molar-refractivity contribution is 7.21. The van der Waals surface area contributed by atoms with Gasteiger partial charge < -0.3 is 25.2 Å². The number of urea groups is 1. The Morgan fingerprint density at radius 3 is 2.63 bits per heavy atom. The lowest BCUT2D eigenvalue weighted by atomic mass is 10.1. The fraction of sp³-hybridized carbons (Fsp3) is 0.188. The summed E-state index contributed by atoms with van der Waals surface area (Å²) in [5.41, 5.74) is 2.35. The van der Waals surface area contributed by atoms with Gasteiger partial charge in [-0.3, -0.25) is 14.5 Å². The van der Waals surface area contributed by atoms with Crippen LogP contribution in [0.1, 0.15) is 16.1 Å². The molecule has 0 spiro atoms. The van der Waals surface area contributed by atoms with Gasteiger partial charge in [0.1, 0.15) is 21.2 Å². The average molecular weight is 595 g/mol. The number of para-hydroxylation sites is 1. The average Bonchev–Trinajstić information content (AvgIpc) is 3.38. The van der Waals surface area contributed by atoms with Crippen LogP contribution in [0.5, 0.6) is 11.5 Å². The fourth-order valence-corrected chi connectivity index (χ4v) is 6.00. The number of nitrogens with zero attached hydrogens (tertiary/aromatic N) is 4. The van der Waals surface area contributed by atoms with Gasteiger partial charge in [0.25, 0.3) is 5.91 Å². The zero-order valence-electron chi connectivity index (χ0n) is 23.7. The summed E-state index contributed by atoms with van der Waals surface area (Å²) in [5, 5.41) is 6.58. The number of benzene rings is 2. The molecular formula is C32H30N6O4S. The Bertz CT molecular complexity index is 1750. The lowest BCUT2D eigenvalue weighted by Crippen LogP contribution is -2.39. The number of nitrogens with one attached hydrogen (secondary N) is 2. The third-order valence-electron chi connectivity index (χ3n) is 6.99. The lowest BCUT2D eigenvalue weighted by Gasteiger charge is -2.29. The summed E-state index contributed by atoms with van der Waals surface area (Å²) in [5.74, 6) is 0.906. The van der Waals surface area contributed by atoms with E-state index in [9.17, 15) is 14.4 Å². The van der Waals surface area contributed by atoms with Crippen molar-refractivity contribution in [3.8, 4) is 11.5 Å². The number of likely N-dealkylation sites (N-methyl/N-ethyl adjacent to an activating group) is 1. The predicted molar refractivity (Wildman–Crippen MR) is 168 cm³/mol. The third kappa shape index (κ3) is 5.99. The normalized spacial score (nSPS) is 14.7. The van der Waals surface area contributed by atoms with Crippen molar-refractivity contribution in [1.82, 2.24) is 20.1 Å². The molecule has 10 nitrogen and oxygen atoms in total. The second-order valence-electron chi connectivity index (χ2n) is 10.4. The van der Waals surface area contributed by atoms with Gasteiger partial charge in [0.2, 0.25) is 5.91 Å². The van der Waals surface area contributed by atoms with Gasteiger partial charge in [-0.15, -0.1) is 11.3 Å². The van der Waals surface area contributed by atoms with Crippen molar-refractivity contribution < 1.29 is 19.1 Å². The minimum absolute atomic E-state index is 0.0977. The van der Waals surface area contributed by atoms with Crippen molar-refractivity contribution in [2.24, 2.45) is 0 Å². The Kier molecular flexibility index (Phi) is 7.91. The smallest absolute Gasteiger partial charge is 0.331 e. The van der Waals surface area contributed by atoms with Crippen LogP contribution in [0.25, 0.3) is 10.2 Å². The van der Waals surface area contributed by atoms with E-state index in [2.05, 4.69) is 15.6 Å². The summed E-state index contributed by atoms with van der Waals surface area (Å²) >= 11 is 1.22. The van der Waals surface area contributed by atoms with Gasteiger partial charge in [0, 0.05) is 31.1 Å². The Morgan fingerprint density at radius 2 is 1.86 bits per heavy atom. The third-order valence-corrected chi connectivity index (χ3v) is 8.09. The van der Waals surface area contributed by atoms with Crippen LogP contribution in [0.3, 0.4) is 0 Å². The van der Waals surface area contributed by atoms with E-state index in [-0.39, 0.29) is 17.8 Å². The predicted octanol–water partition coefficient (Wildman–Crippen LogP) is 5.74. The van der Waals surface area contributed by atoms with E-state index in [1.54, 1.807) is 40.3 Å². The van der Waals surface area contributed by atoms with Crippen LogP contribution < -0.4 is 20.3 Å². The van der Waals surface area contributed by atoms with Gasteiger partial charge in [-0.05, 0) is 63.0 Å². The van der Waals surface area contributed by atoms with Crippen molar-refractivity contribution in [1.29, 1.82) is 0 Å². The molecule has 0 atom stereocenters. The molecule has 0 radical (unpaired) electrons. The van der Waals surface area contributed by atoms with Crippen LogP contribution in [-0.2, 0) is 4.79 Å². The van der Waals surface area contributed by atoms with Gasteiger partial charge in [0.05, 0.1) is 29.0 Å². The number of anilines is 3. The maximum absolute atomic E-state index is 13.5. The molecule has 4 amide bonds. The molecule has 4 heterocycles. The molecule has 11 heteroatoms. The van der Waals surface area contributed by atoms with Crippen LogP contribution in [0.15, 0.2) is 90.8 Å². The Labute approximate surface area is 252 Å². The van der Waals surface area contributed by atoms with Gasteiger partial charge in [-0.25, -0.2) is 9.78 Å². The number of carbonyl (C=O) groups excluding carboxylic acids is 3. The zero-order valence-corrected chi connectivity index (χ0v) is 24.6. The molecular weight excluding hydrogens is 564 g/mol. The van der Waals surface area contributed by atoms with Gasteiger partial charge in [-0.2, -0.15) is 0 Å². The summed E-state index contributed by atoms with van der Waals surface area (Å²) in [7, 11) is 3.87. The zero-order chi connectivity index (χ0) is 29.9. The molecule has 0 aliphatic carbocycles. The van der Waals surface area contributed by atoms with Crippen molar-refractivity contribution in [2.75, 3.05) is 43.9 Å². The van der Waals surface area contributed by atoms with Gasteiger partial charge >= 0.3 is 6.03 Å². The molecule has 2 aromatic carbocycles. The monoisotopic (exact) mass is 594 g/mol. The molecule has 0 bridgehead atoms. The summed E-state index contributed by atoms with van der Waals surface area (Å²) in [6, 6.07) is 18.1. The molecule has 43 heavy (non-hydrogen) atoms. The van der Waals surface area contributed by atoms with Gasteiger partial charge in [0.15, 0.2) is 0 Å². The van der Waals surface area contributed by atoms with Crippen LogP contribution >= 0.6 is 11.3 Å². The summed E-state index contributed by atoms with van der Waals surface area (Å²) in [6.07, 6.45) is 7.59. The quantitative estimate of drug-likeness (QED) is 0.252. The summed E-state index contributed by atoms with van der Waals surface area (Å²) in [6.45, 7) is 1.54. The number of hydrogen-bond acceptors (Lipinski definition) is 7. The Morgan fingerprint density at radius 1 is 1.09 bits per heavy atom. The molecule has 218 valence electrons. The highest BCUT2D eigenvalue weighted by Gasteiger charge is 2.33. The molecule has 4 aromatic rings. The first-order chi connectivity index (χ1) is 20.9. The molecule has 2 aliphatic heterocycles. The number of ether oxygens (including phenoxy) is 1. The van der Waals surface area contributed by atoms with E-state index < -0.39 is 0 Å². The second-order valence-corrected chi connectivity index (χ2v) is 11.4. The van der Waals surface area contributed by atoms with Crippen molar-refractivity contribution in [2.45, 2.75) is 6.42 Å². The Hall–Kier alpha value is -5.00. The minimum Gasteiger partial charge on any atom is -0.457 e. The largest absolute Gasteiger partial charge is 0.457 e. The van der Waals surface area contributed by atoms with E-state index in [1.165, 1.54) is 11.3 Å². The lowest BCUT2D eigenvalue weighted by molar-refractivity contribution is -0.125. The standard InChI is InChI=1S/C32H30N6O4S/c1-36(2)18-7-11-26(39)37-19-6-8-21(20-37)34-30(40)29-28-27-25(16-17-33-31(27)43-29)38(32(41)35-28)22-12-14-24(15-13-22)42-23-9-4-3-5-10-23/h3-5,7-17H,6,18-20H2,1-2H3,(H,34,40)(H,35,41)/b11-7+. The fourth-order valence-electron chi connectivity index (χ4n) is 4.98. The first-order valence-electron chi connectivity index (χ1n) is 13.8. The van der Waals surface area contributed by atoms with Crippen LogP contribution in [0.2, 0.25) is 0 Å². The molecule has 2 aliphatic rings. The maximum Gasteiger partial charge on any atom is 0.331 e.